The molecule has 2 saturated heterocycles. The van der Waals surface area contributed by atoms with Gasteiger partial charge in [0.15, 0.2) is 0 Å². The van der Waals surface area contributed by atoms with Crippen LogP contribution in [0.25, 0.3) is 11.0 Å². The summed E-state index contributed by atoms with van der Waals surface area (Å²) in [4.78, 5) is 27.3. The van der Waals surface area contributed by atoms with Gasteiger partial charge in [-0.15, -0.1) is 0 Å². The van der Waals surface area contributed by atoms with Crippen LogP contribution in [0, 0.1) is 13.8 Å². The van der Waals surface area contributed by atoms with Crippen LogP contribution in [0.3, 0.4) is 0 Å². The molecule has 0 aliphatic carbocycles. The maximum absolute atomic E-state index is 11.9. The maximum Gasteiger partial charge on any atom is 0.312 e. The van der Waals surface area contributed by atoms with E-state index in [0.717, 1.165) is 36.4 Å². The van der Waals surface area contributed by atoms with E-state index in [1.807, 2.05) is 0 Å². The molecule has 2 amide bonds. The Labute approximate surface area is 140 Å². The van der Waals surface area contributed by atoms with Crippen LogP contribution in [-0.4, -0.2) is 53.8 Å². The SMILES string of the molecule is Cc1cc2cc(CN3CCN4C(=O)C(=O)NCC4C3)oc2cc1C. The van der Waals surface area contributed by atoms with Gasteiger partial charge < -0.3 is 14.6 Å². The second-order valence-corrected chi connectivity index (χ2v) is 6.78. The second-order valence-electron chi connectivity index (χ2n) is 6.78. The smallest absolute Gasteiger partial charge is 0.312 e. The van der Waals surface area contributed by atoms with Crippen molar-refractivity contribution in [1.82, 2.24) is 15.1 Å². The molecular formula is C18H21N3O3. The number of hydrogen-bond donors (Lipinski definition) is 1. The van der Waals surface area contributed by atoms with Crippen molar-refractivity contribution in [2.45, 2.75) is 26.4 Å². The van der Waals surface area contributed by atoms with Crippen LogP contribution in [0.2, 0.25) is 0 Å². The molecule has 0 radical (unpaired) electrons. The second kappa shape index (κ2) is 5.63. The van der Waals surface area contributed by atoms with Gasteiger partial charge in [-0.25, -0.2) is 0 Å². The molecule has 1 unspecified atom stereocenters. The standard InChI is InChI=1S/C18H21N3O3/c1-11-5-13-7-15(24-16(13)6-12(11)2)10-20-3-4-21-14(9-20)8-19-17(22)18(21)23/h5-7,14H,3-4,8-10H2,1-2H3,(H,19,22). The van der Waals surface area contributed by atoms with Crippen LogP contribution >= 0.6 is 0 Å². The van der Waals surface area contributed by atoms with Crippen LogP contribution < -0.4 is 5.32 Å². The summed E-state index contributed by atoms with van der Waals surface area (Å²) >= 11 is 0. The molecule has 1 N–H and O–H groups in total. The first kappa shape index (κ1) is 15.2. The minimum Gasteiger partial charge on any atom is -0.460 e. The number of hydrogen-bond acceptors (Lipinski definition) is 4. The molecule has 6 nitrogen and oxygen atoms in total. The minimum atomic E-state index is -0.484. The number of fused-ring (bicyclic) bond motifs is 2. The number of nitrogens with zero attached hydrogens (tertiary/aromatic N) is 2. The maximum atomic E-state index is 11.9. The highest BCUT2D eigenvalue weighted by molar-refractivity contribution is 6.35. The summed E-state index contributed by atoms with van der Waals surface area (Å²) in [6, 6.07) is 6.40. The summed E-state index contributed by atoms with van der Waals surface area (Å²) in [5, 5.41) is 3.80. The molecule has 126 valence electrons. The third-order valence-corrected chi connectivity index (χ3v) is 5.08. The van der Waals surface area contributed by atoms with Gasteiger partial charge in [0.25, 0.3) is 0 Å². The first-order chi connectivity index (χ1) is 11.5. The number of piperazine rings is 2. The number of nitrogens with one attached hydrogen (secondary N) is 1. The molecule has 2 fully saturated rings. The summed E-state index contributed by atoms with van der Waals surface area (Å²) < 4.78 is 5.99. The van der Waals surface area contributed by atoms with Crippen LogP contribution in [0.5, 0.6) is 0 Å². The Balaban J connectivity index is 1.48. The number of carbonyl (C=O) groups excluding carboxylic acids is 2. The van der Waals surface area contributed by atoms with Crippen LogP contribution in [0.15, 0.2) is 22.6 Å². The van der Waals surface area contributed by atoms with E-state index in [2.05, 4.69) is 42.3 Å². The van der Waals surface area contributed by atoms with E-state index in [1.54, 1.807) is 4.90 Å². The third kappa shape index (κ3) is 2.57. The zero-order valence-electron chi connectivity index (χ0n) is 14.0. The highest BCUT2D eigenvalue weighted by Crippen LogP contribution is 2.25. The lowest BCUT2D eigenvalue weighted by molar-refractivity contribution is -0.152. The van der Waals surface area contributed by atoms with E-state index in [4.69, 9.17) is 4.42 Å². The molecule has 4 rings (SSSR count). The van der Waals surface area contributed by atoms with Crippen LogP contribution in [0.4, 0.5) is 0 Å². The Morgan fingerprint density at radius 3 is 2.79 bits per heavy atom. The summed E-state index contributed by atoms with van der Waals surface area (Å²) in [5.74, 6) is 0.0536. The van der Waals surface area contributed by atoms with Crippen molar-refractivity contribution in [3.05, 3.63) is 35.1 Å². The number of amides is 2. The summed E-state index contributed by atoms with van der Waals surface area (Å²) in [7, 11) is 0. The van der Waals surface area contributed by atoms with Gasteiger partial charge >= 0.3 is 11.8 Å². The Kier molecular flexibility index (Phi) is 3.57. The molecule has 6 heteroatoms. The number of rotatable bonds is 2. The Morgan fingerprint density at radius 1 is 1.17 bits per heavy atom. The molecule has 24 heavy (non-hydrogen) atoms. The average Bonchev–Trinajstić information content (AvgIpc) is 2.92. The predicted octanol–water partition coefficient (Wildman–Crippen LogP) is 1.19. The Hall–Kier alpha value is -2.34. The van der Waals surface area contributed by atoms with Gasteiger partial charge in [-0.2, -0.15) is 0 Å². The Morgan fingerprint density at radius 2 is 1.96 bits per heavy atom. The molecule has 2 aromatic rings. The molecule has 1 aromatic carbocycles. The van der Waals surface area contributed by atoms with E-state index >= 15 is 0 Å². The van der Waals surface area contributed by atoms with Crippen molar-refractivity contribution in [2.24, 2.45) is 0 Å². The summed E-state index contributed by atoms with van der Waals surface area (Å²) in [5.41, 5.74) is 3.42. The lowest BCUT2D eigenvalue weighted by Crippen LogP contribution is -2.65. The fourth-order valence-electron chi connectivity index (χ4n) is 3.58. The minimum absolute atomic E-state index is 0.0535. The number of furan rings is 1. The predicted molar refractivity (Wildman–Crippen MR) is 89.5 cm³/mol. The monoisotopic (exact) mass is 327 g/mol. The molecular weight excluding hydrogens is 306 g/mol. The van der Waals surface area contributed by atoms with Crippen molar-refractivity contribution >= 4 is 22.8 Å². The Bertz CT molecular complexity index is 787. The van der Waals surface area contributed by atoms with E-state index in [-0.39, 0.29) is 6.04 Å². The molecule has 0 spiro atoms. The average molecular weight is 327 g/mol. The molecule has 3 heterocycles. The number of benzene rings is 1. The quantitative estimate of drug-likeness (QED) is 0.842. The van der Waals surface area contributed by atoms with E-state index < -0.39 is 11.8 Å². The summed E-state index contributed by atoms with van der Waals surface area (Å²) in [6.45, 7) is 7.54. The van der Waals surface area contributed by atoms with E-state index in [9.17, 15) is 9.59 Å². The zero-order valence-corrected chi connectivity index (χ0v) is 14.0. The van der Waals surface area contributed by atoms with Gasteiger partial charge in [0.2, 0.25) is 0 Å². The number of aryl methyl sites for hydroxylation is 2. The lowest BCUT2D eigenvalue weighted by atomic mass is 10.1. The normalized spacial score (nSPS) is 21.9. The number of carbonyl (C=O) groups is 2. The molecule has 0 saturated carbocycles. The fraction of sp³-hybridized carbons (Fsp3) is 0.444. The van der Waals surface area contributed by atoms with Gasteiger partial charge in [-0.05, 0) is 43.2 Å². The van der Waals surface area contributed by atoms with Gasteiger partial charge in [-0.1, -0.05) is 0 Å². The van der Waals surface area contributed by atoms with Gasteiger partial charge in [0, 0.05) is 31.6 Å². The fourth-order valence-corrected chi connectivity index (χ4v) is 3.58. The van der Waals surface area contributed by atoms with Crippen molar-refractivity contribution in [1.29, 1.82) is 0 Å². The molecule has 1 atom stereocenters. The van der Waals surface area contributed by atoms with Crippen molar-refractivity contribution in [3.8, 4) is 0 Å². The molecule has 1 aromatic heterocycles. The zero-order chi connectivity index (χ0) is 16.8. The highest BCUT2D eigenvalue weighted by atomic mass is 16.3. The third-order valence-electron chi connectivity index (χ3n) is 5.08. The van der Waals surface area contributed by atoms with Crippen molar-refractivity contribution in [3.63, 3.8) is 0 Å². The molecule has 0 bridgehead atoms. The topological polar surface area (TPSA) is 65.8 Å². The van der Waals surface area contributed by atoms with Crippen LogP contribution in [0.1, 0.15) is 16.9 Å². The van der Waals surface area contributed by atoms with Crippen molar-refractivity contribution < 1.29 is 14.0 Å². The van der Waals surface area contributed by atoms with Gasteiger partial charge in [0.05, 0.1) is 12.6 Å². The first-order valence-corrected chi connectivity index (χ1v) is 8.32. The van der Waals surface area contributed by atoms with E-state index in [1.165, 1.54) is 11.1 Å². The van der Waals surface area contributed by atoms with Gasteiger partial charge in [0.1, 0.15) is 11.3 Å². The first-order valence-electron chi connectivity index (χ1n) is 8.32. The van der Waals surface area contributed by atoms with Gasteiger partial charge in [-0.3, -0.25) is 14.5 Å². The molecule has 2 aliphatic rings. The lowest BCUT2D eigenvalue weighted by Gasteiger charge is -2.43. The summed E-state index contributed by atoms with van der Waals surface area (Å²) in [6.07, 6.45) is 0. The molecule has 2 aliphatic heterocycles. The van der Waals surface area contributed by atoms with E-state index in [0.29, 0.717) is 13.1 Å². The highest BCUT2D eigenvalue weighted by Gasteiger charge is 2.37. The van der Waals surface area contributed by atoms with Crippen LogP contribution in [-0.2, 0) is 16.1 Å². The van der Waals surface area contributed by atoms with Crippen molar-refractivity contribution in [2.75, 3.05) is 26.2 Å². The largest absolute Gasteiger partial charge is 0.460 e.